The molecule has 1 saturated heterocycles. The minimum absolute atomic E-state index is 0.0530. The van der Waals surface area contributed by atoms with Gasteiger partial charge < -0.3 is 5.32 Å². The van der Waals surface area contributed by atoms with Crippen molar-refractivity contribution in [1.29, 1.82) is 0 Å². The van der Waals surface area contributed by atoms with E-state index in [0.29, 0.717) is 22.7 Å². The number of hydrogen-bond acceptors (Lipinski definition) is 4. The van der Waals surface area contributed by atoms with E-state index in [1.54, 1.807) is 18.3 Å². The van der Waals surface area contributed by atoms with E-state index < -0.39 is 0 Å². The number of aromatic amines is 1. The summed E-state index contributed by atoms with van der Waals surface area (Å²) in [5.74, 6) is 1.40. The number of halogens is 1. The second-order valence-electron chi connectivity index (χ2n) is 6.41. The Hall–Kier alpha value is -1.92. The monoisotopic (exact) mass is 347 g/mol. The van der Waals surface area contributed by atoms with Crippen molar-refractivity contribution >= 4 is 23.3 Å². The number of anilines is 1. The third-order valence-corrected chi connectivity index (χ3v) is 5.04. The Labute approximate surface area is 146 Å². The molecular weight excluding hydrogens is 326 g/mol. The molecule has 0 aromatic carbocycles. The maximum atomic E-state index is 12.5. The van der Waals surface area contributed by atoms with E-state index in [0.717, 1.165) is 25.2 Å². The third kappa shape index (κ3) is 3.76. The van der Waals surface area contributed by atoms with Crippen LogP contribution in [0, 0.1) is 5.92 Å². The Balaban J connectivity index is 1.64. The van der Waals surface area contributed by atoms with Gasteiger partial charge in [0.25, 0.3) is 0 Å². The molecule has 0 radical (unpaired) electrons. The molecule has 0 unspecified atom stereocenters. The van der Waals surface area contributed by atoms with E-state index in [2.05, 4.69) is 32.3 Å². The van der Waals surface area contributed by atoms with Crippen LogP contribution in [0.4, 0.5) is 5.82 Å². The summed E-state index contributed by atoms with van der Waals surface area (Å²) in [6.07, 6.45) is 4.36. The summed E-state index contributed by atoms with van der Waals surface area (Å²) < 4.78 is 0. The Kier molecular flexibility index (Phi) is 5.16. The molecule has 2 aromatic heterocycles. The molecule has 7 heteroatoms. The van der Waals surface area contributed by atoms with Gasteiger partial charge in [0.05, 0.1) is 11.1 Å². The van der Waals surface area contributed by atoms with Crippen molar-refractivity contribution in [1.82, 2.24) is 20.1 Å². The summed E-state index contributed by atoms with van der Waals surface area (Å²) in [5.41, 5.74) is 1.14. The highest BCUT2D eigenvalue weighted by atomic mass is 35.5. The molecule has 2 N–H and O–H groups in total. The van der Waals surface area contributed by atoms with E-state index in [9.17, 15) is 4.79 Å². The van der Waals surface area contributed by atoms with Crippen molar-refractivity contribution in [3.8, 4) is 0 Å². The first-order valence-electron chi connectivity index (χ1n) is 8.20. The van der Waals surface area contributed by atoms with Crippen molar-refractivity contribution in [2.45, 2.75) is 32.2 Å². The van der Waals surface area contributed by atoms with Gasteiger partial charge in [0.15, 0.2) is 0 Å². The van der Waals surface area contributed by atoms with E-state index in [-0.39, 0.29) is 11.9 Å². The van der Waals surface area contributed by atoms with Gasteiger partial charge in [-0.2, -0.15) is 5.10 Å². The van der Waals surface area contributed by atoms with Crippen molar-refractivity contribution in [3.63, 3.8) is 0 Å². The number of carbonyl (C=O) groups excluding carboxylic acids is 1. The molecule has 3 heterocycles. The van der Waals surface area contributed by atoms with Crippen LogP contribution in [0.3, 0.4) is 0 Å². The van der Waals surface area contributed by atoms with Crippen LogP contribution in [-0.4, -0.2) is 45.1 Å². The first-order chi connectivity index (χ1) is 11.5. The van der Waals surface area contributed by atoms with E-state index >= 15 is 0 Å². The SMILES string of the molecule is C[C@H]1CCN([C@@H](C)C(=O)Nc2ccc(Cl)cn2)C[C@H]1c1ccn[nH]1. The van der Waals surface area contributed by atoms with E-state index in [1.807, 2.05) is 13.0 Å². The molecule has 3 atom stereocenters. The summed E-state index contributed by atoms with van der Waals surface area (Å²) in [6, 6.07) is 5.22. The van der Waals surface area contributed by atoms with Crippen molar-refractivity contribution in [3.05, 3.63) is 41.3 Å². The van der Waals surface area contributed by atoms with Crippen molar-refractivity contribution < 1.29 is 4.79 Å². The van der Waals surface area contributed by atoms with Crippen LogP contribution in [0.1, 0.15) is 31.9 Å². The van der Waals surface area contributed by atoms with Gasteiger partial charge in [-0.25, -0.2) is 4.98 Å². The van der Waals surface area contributed by atoms with Crippen LogP contribution in [-0.2, 0) is 4.79 Å². The minimum Gasteiger partial charge on any atom is -0.309 e. The minimum atomic E-state index is -0.222. The molecule has 1 aliphatic heterocycles. The van der Waals surface area contributed by atoms with Crippen LogP contribution in [0.2, 0.25) is 5.02 Å². The lowest BCUT2D eigenvalue weighted by Gasteiger charge is -2.39. The van der Waals surface area contributed by atoms with Gasteiger partial charge in [-0.1, -0.05) is 18.5 Å². The Morgan fingerprint density at radius 1 is 1.46 bits per heavy atom. The number of likely N-dealkylation sites (tertiary alicyclic amines) is 1. The standard InChI is InChI=1S/C17H22ClN5O/c1-11-6-8-23(10-14(11)15-5-7-20-22-15)12(2)17(24)21-16-4-3-13(18)9-19-16/h3-5,7,9,11-12,14H,6,8,10H2,1-2H3,(H,20,22)(H,19,21,24)/t11-,12-,14+/m0/s1. The van der Waals surface area contributed by atoms with Crippen LogP contribution in [0.25, 0.3) is 0 Å². The van der Waals surface area contributed by atoms with Crippen molar-refractivity contribution in [2.24, 2.45) is 5.92 Å². The van der Waals surface area contributed by atoms with Crippen molar-refractivity contribution in [2.75, 3.05) is 18.4 Å². The highest BCUT2D eigenvalue weighted by Crippen LogP contribution is 2.31. The Morgan fingerprint density at radius 2 is 2.29 bits per heavy atom. The number of rotatable bonds is 4. The summed E-state index contributed by atoms with van der Waals surface area (Å²) in [6.45, 7) is 5.94. The predicted octanol–water partition coefficient (Wildman–Crippen LogP) is 2.91. The van der Waals surface area contributed by atoms with Crippen LogP contribution >= 0.6 is 11.6 Å². The zero-order valence-corrected chi connectivity index (χ0v) is 14.6. The number of carbonyl (C=O) groups is 1. The highest BCUT2D eigenvalue weighted by Gasteiger charge is 2.32. The molecular formula is C17H22ClN5O. The largest absolute Gasteiger partial charge is 0.309 e. The number of nitrogens with one attached hydrogen (secondary N) is 2. The van der Waals surface area contributed by atoms with Gasteiger partial charge in [0.1, 0.15) is 5.82 Å². The average molecular weight is 348 g/mol. The number of aromatic nitrogens is 3. The summed E-state index contributed by atoms with van der Waals surface area (Å²) in [4.78, 5) is 18.9. The normalized spacial score (nSPS) is 23.0. The molecule has 128 valence electrons. The average Bonchev–Trinajstić information content (AvgIpc) is 3.11. The van der Waals surface area contributed by atoms with E-state index in [1.165, 1.54) is 6.20 Å². The summed E-state index contributed by atoms with van der Waals surface area (Å²) in [7, 11) is 0. The molecule has 0 saturated carbocycles. The van der Waals surface area contributed by atoms with Gasteiger partial charge >= 0.3 is 0 Å². The van der Waals surface area contributed by atoms with Gasteiger partial charge in [-0.3, -0.25) is 14.8 Å². The molecule has 3 rings (SSSR count). The Morgan fingerprint density at radius 3 is 2.96 bits per heavy atom. The lowest BCUT2D eigenvalue weighted by molar-refractivity contribution is -0.121. The third-order valence-electron chi connectivity index (χ3n) is 4.82. The number of piperidine rings is 1. The smallest absolute Gasteiger partial charge is 0.242 e. The summed E-state index contributed by atoms with van der Waals surface area (Å²) in [5, 5.41) is 10.5. The number of pyridine rings is 1. The fourth-order valence-corrected chi connectivity index (χ4v) is 3.28. The molecule has 0 aliphatic carbocycles. The van der Waals surface area contributed by atoms with Gasteiger partial charge in [0, 0.05) is 30.6 Å². The molecule has 1 fully saturated rings. The number of hydrogen-bond donors (Lipinski definition) is 2. The maximum Gasteiger partial charge on any atom is 0.242 e. The van der Waals surface area contributed by atoms with Crippen LogP contribution < -0.4 is 5.32 Å². The number of amides is 1. The summed E-state index contributed by atoms with van der Waals surface area (Å²) >= 11 is 5.82. The zero-order chi connectivity index (χ0) is 17.1. The highest BCUT2D eigenvalue weighted by molar-refractivity contribution is 6.30. The first-order valence-corrected chi connectivity index (χ1v) is 8.58. The predicted molar refractivity (Wildman–Crippen MR) is 94.0 cm³/mol. The fourth-order valence-electron chi connectivity index (χ4n) is 3.17. The van der Waals surface area contributed by atoms with Gasteiger partial charge in [-0.15, -0.1) is 0 Å². The lowest BCUT2D eigenvalue weighted by atomic mass is 9.84. The van der Waals surface area contributed by atoms with Gasteiger partial charge in [0.2, 0.25) is 5.91 Å². The number of H-pyrrole nitrogens is 1. The van der Waals surface area contributed by atoms with Crippen LogP contribution in [0.5, 0.6) is 0 Å². The molecule has 24 heavy (non-hydrogen) atoms. The zero-order valence-electron chi connectivity index (χ0n) is 13.9. The molecule has 6 nitrogen and oxygen atoms in total. The first kappa shape index (κ1) is 16.9. The Bertz CT molecular complexity index is 673. The quantitative estimate of drug-likeness (QED) is 0.891. The van der Waals surface area contributed by atoms with Crippen LogP contribution in [0.15, 0.2) is 30.6 Å². The van der Waals surface area contributed by atoms with E-state index in [4.69, 9.17) is 11.6 Å². The molecule has 2 aromatic rings. The second-order valence-corrected chi connectivity index (χ2v) is 6.84. The second kappa shape index (κ2) is 7.32. The maximum absolute atomic E-state index is 12.5. The number of nitrogens with zero attached hydrogens (tertiary/aromatic N) is 3. The topological polar surface area (TPSA) is 73.9 Å². The molecule has 0 spiro atoms. The molecule has 1 aliphatic rings. The lowest BCUT2D eigenvalue weighted by Crippen LogP contribution is -2.48. The fraction of sp³-hybridized carbons (Fsp3) is 0.471. The molecule has 1 amide bonds. The van der Waals surface area contributed by atoms with Gasteiger partial charge in [-0.05, 0) is 44.0 Å². The molecule has 0 bridgehead atoms.